The van der Waals surface area contributed by atoms with Gasteiger partial charge in [0.25, 0.3) is 0 Å². The fraction of sp³-hybridized carbons (Fsp3) is 0. The molecule has 5 nitrogen and oxygen atoms in total. The summed E-state index contributed by atoms with van der Waals surface area (Å²) in [4.78, 5) is 26.4. The maximum atomic E-state index is 13.9. The molecule has 0 atom stereocenters. The first-order chi connectivity index (χ1) is 19.4. The number of benzene rings is 7. The Morgan fingerprint density at radius 2 is 1.05 bits per heavy atom. The quantitative estimate of drug-likeness (QED) is 0.134. The summed E-state index contributed by atoms with van der Waals surface area (Å²) in [6, 6.07) is 32.3. The fourth-order valence-corrected chi connectivity index (χ4v) is 7.34. The monoisotopic (exact) mass is 538 g/mol. The number of hydrogen-bond donors (Lipinski definition) is 0. The van der Waals surface area contributed by atoms with Crippen LogP contribution in [0.1, 0.15) is 31.8 Å². The number of carbonyl (C=O) groups is 2. The van der Waals surface area contributed by atoms with E-state index in [0.717, 1.165) is 37.7 Å². The largest absolute Gasteiger partial charge is 0.378 e. The number of rotatable bonds is 3. The zero-order valence-corrected chi connectivity index (χ0v) is 21.7. The highest BCUT2D eigenvalue weighted by atomic mass is 32.2. The molecule has 0 radical (unpaired) electrons. The minimum atomic E-state index is -4.52. The van der Waals surface area contributed by atoms with E-state index in [-0.39, 0.29) is 32.9 Å². The van der Waals surface area contributed by atoms with Crippen molar-refractivity contribution in [2.75, 3.05) is 0 Å². The van der Waals surface area contributed by atoms with Crippen LogP contribution in [-0.4, -0.2) is 20.0 Å². The third-order valence-corrected chi connectivity index (χ3v) is 9.13. The third kappa shape index (κ3) is 2.99. The summed E-state index contributed by atoms with van der Waals surface area (Å²) in [7, 11) is -4.52. The topological polar surface area (TPSA) is 77.5 Å². The first kappa shape index (κ1) is 22.9. The molecule has 7 aromatic carbocycles. The van der Waals surface area contributed by atoms with Crippen LogP contribution in [0.3, 0.4) is 0 Å². The molecule has 0 N–H and O–H groups in total. The maximum Gasteiger partial charge on any atom is 0.340 e. The Balaban J connectivity index is 1.38. The van der Waals surface area contributed by atoms with Crippen LogP contribution in [0.2, 0.25) is 0 Å². The molecule has 0 spiro atoms. The van der Waals surface area contributed by atoms with Gasteiger partial charge in [-0.1, -0.05) is 97.1 Å². The Morgan fingerprint density at radius 1 is 0.475 bits per heavy atom. The fourth-order valence-electron chi connectivity index (χ4n) is 6.18. The molecular formula is C34H18O5S. The zero-order valence-electron chi connectivity index (χ0n) is 20.8. The Hall–Kier alpha value is -5.07. The molecule has 40 heavy (non-hydrogen) atoms. The minimum absolute atomic E-state index is 0.0502. The van der Waals surface area contributed by atoms with E-state index in [0.29, 0.717) is 5.39 Å². The molecule has 0 fully saturated rings. The molecule has 0 saturated heterocycles. The summed E-state index contributed by atoms with van der Waals surface area (Å²) in [6.45, 7) is 0. The van der Waals surface area contributed by atoms with Gasteiger partial charge in [0.15, 0.2) is 17.3 Å². The van der Waals surface area contributed by atoms with Gasteiger partial charge in [0, 0.05) is 27.5 Å². The molecule has 0 unspecified atom stereocenters. The van der Waals surface area contributed by atoms with Gasteiger partial charge in [-0.15, -0.1) is 0 Å². The van der Waals surface area contributed by atoms with E-state index in [1.165, 1.54) is 24.3 Å². The van der Waals surface area contributed by atoms with Gasteiger partial charge in [-0.3, -0.25) is 9.59 Å². The average Bonchev–Trinajstić information content (AvgIpc) is 2.98. The molecular weight excluding hydrogens is 520 g/mol. The summed E-state index contributed by atoms with van der Waals surface area (Å²) in [5, 5.41) is 7.54. The van der Waals surface area contributed by atoms with Crippen LogP contribution < -0.4 is 4.18 Å². The Kier molecular flexibility index (Phi) is 4.56. The van der Waals surface area contributed by atoms with Crippen molar-refractivity contribution in [1.29, 1.82) is 0 Å². The van der Waals surface area contributed by atoms with E-state index in [1.807, 2.05) is 54.6 Å². The van der Waals surface area contributed by atoms with Gasteiger partial charge in [0.2, 0.25) is 0 Å². The lowest BCUT2D eigenvalue weighted by atomic mass is 9.84. The smallest absolute Gasteiger partial charge is 0.340 e. The van der Waals surface area contributed by atoms with E-state index in [2.05, 4.69) is 6.07 Å². The molecule has 1 aliphatic carbocycles. The highest BCUT2D eigenvalue weighted by Crippen LogP contribution is 2.44. The lowest BCUT2D eigenvalue weighted by Gasteiger charge is -2.21. The molecule has 0 aromatic heterocycles. The molecule has 1 aliphatic rings. The molecule has 7 aromatic rings. The van der Waals surface area contributed by atoms with Gasteiger partial charge >= 0.3 is 10.1 Å². The summed E-state index contributed by atoms with van der Waals surface area (Å²) < 4.78 is 33.8. The van der Waals surface area contributed by atoms with Crippen LogP contribution in [0.25, 0.3) is 43.1 Å². The Bertz CT molecular complexity index is 2350. The minimum Gasteiger partial charge on any atom is -0.378 e. The van der Waals surface area contributed by atoms with Crippen LogP contribution in [0.15, 0.2) is 114 Å². The van der Waals surface area contributed by atoms with Crippen molar-refractivity contribution in [1.82, 2.24) is 0 Å². The summed E-state index contributed by atoms with van der Waals surface area (Å²) in [6.07, 6.45) is 0. The lowest BCUT2D eigenvalue weighted by Crippen LogP contribution is -2.24. The van der Waals surface area contributed by atoms with Crippen LogP contribution in [0.4, 0.5) is 0 Å². The second-order valence-electron chi connectivity index (χ2n) is 9.97. The lowest BCUT2D eigenvalue weighted by molar-refractivity contribution is 0.0976. The zero-order chi connectivity index (χ0) is 27.2. The molecule has 8 rings (SSSR count). The van der Waals surface area contributed by atoms with Crippen molar-refractivity contribution in [3.05, 3.63) is 131 Å². The van der Waals surface area contributed by atoms with Gasteiger partial charge in [-0.05, 0) is 44.5 Å². The average molecular weight is 539 g/mol. The number of ketones is 2. The second-order valence-corrected chi connectivity index (χ2v) is 11.5. The molecule has 0 aliphatic heterocycles. The van der Waals surface area contributed by atoms with Crippen molar-refractivity contribution in [3.8, 4) is 5.75 Å². The highest BCUT2D eigenvalue weighted by molar-refractivity contribution is 7.87. The summed E-state index contributed by atoms with van der Waals surface area (Å²) in [5.41, 5.74) is 0.327. The molecule has 190 valence electrons. The van der Waals surface area contributed by atoms with E-state index >= 15 is 0 Å². The van der Waals surface area contributed by atoms with Gasteiger partial charge in [0.05, 0.1) is 5.56 Å². The SMILES string of the molecule is O=C1c2ccccc2C(=O)c2c1cccc2S(=O)(=O)Oc1ccc2cccc3c4cccc5cccc(c1c23)c54. The third-order valence-electron chi connectivity index (χ3n) is 7.85. The van der Waals surface area contributed by atoms with E-state index in [4.69, 9.17) is 4.18 Å². The standard InChI is InChI=1S/C34H18O5S/c35-33-23-10-1-2-11-24(23)34(36)32-26(33)15-6-16-28(32)40(37,38)39-27-18-17-20-9-4-13-22-21-12-3-7-19-8-5-14-25(29(19)21)31(27)30(20)22/h1-18H. The molecule has 6 heteroatoms. The first-order valence-electron chi connectivity index (χ1n) is 12.8. The van der Waals surface area contributed by atoms with Crippen molar-refractivity contribution in [2.24, 2.45) is 0 Å². The van der Waals surface area contributed by atoms with Crippen molar-refractivity contribution >= 4 is 64.8 Å². The van der Waals surface area contributed by atoms with Crippen LogP contribution in [0.5, 0.6) is 5.75 Å². The van der Waals surface area contributed by atoms with Crippen LogP contribution in [-0.2, 0) is 10.1 Å². The first-order valence-corrected chi connectivity index (χ1v) is 14.2. The highest BCUT2D eigenvalue weighted by Gasteiger charge is 2.36. The maximum absolute atomic E-state index is 13.9. The van der Waals surface area contributed by atoms with Gasteiger partial charge in [0.1, 0.15) is 4.90 Å². The van der Waals surface area contributed by atoms with E-state index < -0.39 is 21.7 Å². The van der Waals surface area contributed by atoms with Crippen LogP contribution >= 0.6 is 0 Å². The Morgan fingerprint density at radius 3 is 1.77 bits per heavy atom. The number of hydrogen-bond acceptors (Lipinski definition) is 5. The molecule has 0 heterocycles. The van der Waals surface area contributed by atoms with Gasteiger partial charge in [-0.25, -0.2) is 0 Å². The van der Waals surface area contributed by atoms with E-state index in [1.54, 1.807) is 24.3 Å². The second kappa shape index (κ2) is 7.97. The normalized spacial score (nSPS) is 13.3. The van der Waals surface area contributed by atoms with Crippen molar-refractivity contribution in [3.63, 3.8) is 0 Å². The van der Waals surface area contributed by atoms with Crippen molar-refractivity contribution < 1.29 is 22.2 Å². The van der Waals surface area contributed by atoms with Gasteiger partial charge in [-0.2, -0.15) is 8.42 Å². The summed E-state index contributed by atoms with van der Waals surface area (Å²) in [5.74, 6) is -0.751. The van der Waals surface area contributed by atoms with Crippen molar-refractivity contribution in [2.45, 2.75) is 4.90 Å². The predicted molar refractivity (Wildman–Crippen MR) is 155 cm³/mol. The molecule has 0 saturated carbocycles. The predicted octanol–water partition coefficient (Wildman–Crippen LogP) is 7.28. The summed E-state index contributed by atoms with van der Waals surface area (Å²) >= 11 is 0. The molecule has 0 bridgehead atoms. The number of carbonyl (C=O) groups excluding carboxylic acids is 2. The number of fused-ring (bicyclic) bond motifs is 4. The molecule has 0 amide bonds. The van der Waals surface area contributed by atoms with Gasteiger partial charge < -0.3 is 4.18 Å². The van der Waals surface area contributed by atoms with E-state index in [9.17, 15) is 18.0 Å². The Labute approximate surface area is 228 Å². The van der Waals surface area contributed by atoms with Crippen LogP contribution in [0, 0.1) is 0 Å².